The van der Waals surface area contributed by atoms with Gasteiger partial charge in [0, 0.05) is 81.0 Å². The number of carbonyl (C=O) groups is 5. The number of ether oxygens (including phenoxy) is 1. The summed E-state index contributed by atoms with van der Waals surface area (Å²) in [5, 5.41) is 35.3. The molecule has 3 atom stereocenters. The lowest BCUT2D eigenvalue weighted by Crippen LogP contribution is -2.62. The van der Waals surface area contributed by atoms with E-state index >= 15 is 0 Å². The maximum atomic E-state index is 11.8. The average molecular weight is 1240 g/mol. The van der Waals surface area contributed by atoms with Crippen molar-refractivity contribution in [1.29, 1.82) is 0 Å². The molecule has 22 nitrogen and oxygen atoms in total. The number of carboxylic acid groups (broad SMARTS) is 1. The molecule has 2 aliphatic heterocycles. The van der Waals surface area contributed by atoms with Gasteiger partial charge in [-0.2, -0.15) is 0 Å². The Hall–Kier alpha value is -8.90. The Kier molecular flexibility index (Phi) is 26.2. The van der Waals surface area contributed by atoms with Crippen molar-refractivity contribution in [3.05, 3.63) is 173 Å². The van der Waals surface area contributed by atoms with Crippen LogP contribution in [0, 0.1) is 17.3 Å². The molecule has 1 aliphatic carbocycles. The first kappa shape index (κ1) is 70.9. The van der Waals surface area contributed by atoms with Gasteiger partial charge >= 0.3 is 17.7 Å². The van der Waals surface area contributed by atoms with Crippen LogP contribution in [0.5, 0.6) is 11.5 Å². The molecule has 23 heteroatoms. The minimum Gasteiger partial charge on any atom is -0.508 e. The summed E-state index contributed by atoms with van der Waals surface area (Å²) in [5.41, 5.74) is 2.83. The molecule has 0 bridgehead atoms. The number of anilines is 3. The highest BCUT2D eigenvalue weighted by atomic mass is 32.2. The molecule has 3 aliphatic rings. The third-order valence-electron chi connectivity index (χ3n) is 15.0. The summed E-state index contributed by atoms with van der Waals surface area (Å²) in [4.78, 5) is 95.7. The van der Waals surface area contributed by atoms with E-state index in [-0.39, 0.29) is 40.8 Å². The number of carboxylic acids is 1. The molecule has 2 fully saturated rings. The van der Waals surface area contributed by atoms with Gasteiger partial charge in [0.15, 0.2) is 11.2 Å². The van der Waals surface area contributed by atoms with E-state index in [9.17, 15) is 38.7 Å². The number of likely N-dealkylation sites (N-methyl/N-ethyl adjacent to an activating group) is 1. The number of barbiturate groups is 1. The first-order chi connectivity index (χ1) is 42.2. The van der Waals surface area contributed by atoms with Crippen LogP contribution >= 0.6 is 11.8 Å². The van der Waals surface area contributed by atoms with E-state index in [1.54, 1.807) is 44.0 Å². The normalized spacial score (nSPS) is 16.5. The molecule has 0 spiro atoms. The molecule has 89 heavy (non-hydrogen) atoms. The van der Waals surface area contributed by atoms with E-state index < -0.39 is 34.8 Å². The van der Waals surface area contributed by atoms with Crippen LogP contribution in [0.4, 0.5) is 21.9 Å². The number of para-hydroxylation sites is 2. The second-order valence-electron chi connectivity index (χ2n) is 22.7. The van der Waals surface area contributed by atoms with E-state index in [2.05, 4.69) is 131 Å². The van der Waals surface area contributed by atoms with Gasteiger partial charge in [-0.05, 0) is 145 Å². The highest BCUT2D eigenvalue weighted by molar-refractivity contribution is 7.99. The predicted octanol–water partition coefficient (Wildman–Crippen LogP) is 8.94. The fourth-order valence-corrected chi connectivity index (χ4v) is 11.4. The first-order valence-electron chi connectivity index (χ1n) is 29.0. The molecule has 6 N–H and O–H groups in total. The minimum atomic E-state index is -1.19. The third-order valence-corrected chi connectivity index (χ3v) is 16.2. The molecule has 476 valence electrons. The van der Waals surface area contributed by atoms with Gasteiger partial charge in [-0.15, -0.1) is 6.58 Å². The molecular weight excluding hydrogens is 1150 g/mol. The van der Waals surface area contributed by atoms with Gasteiger partial charge in [0.05, 0.1) is 36.0 Å². The van der Waals surface area contributed by atoms with Crippen molar-refractivity contribution in [2.45, 2.75) is 87.7 Å². The molecule has 1 saturated carbocycles. The number of benzene rings is 4. The van der Waals surface area contributed by atoms with Gasteiger partial charge in [-0.25, -0.2) is 19.4 Å². The summed E-state index contributed by atoms with van der Waals surface area (Å²) in [6, 6.07) is 34.4. The second kappa shape index (κ2) is 32.9. The van der Waals surface area contributed by atoms with Gasteiger partial charge in [-0.3, -0.25) is 43.9 Å². The molecule has 5 amide bonds. The summed E-state index contributed by atoms with van der Waals surface area (Å²) < 4.78 is 9.33. The number of aryl methyl sites for hydroxylation is 2. The number of aromatic carboxylic acids is 1. The maximum absolute atomic E-state index is 11.8. The number of carbonyl (C=O) groups excluding carboxylic acids is 4. The second-order valence-corrected chi connectivity index (χ2v) is 23.8. The zero-order chi connectivity index (χ0) is 65.8. The maximum Gasteiger partial charge on any atom is 0.337 e. The van der Waals surface area contributed by atoms with Crippen molar-refractivity contribution in [2.75, 3.05) is 58.6 Å². The monoisotopic (exact) mass is 1240 g/mol. The van der Waals surface area contributed by atoms with Crippen LogP contribution in [0.3, 0.4) is 0 Å². The molecule has 1 saturated heterocycles. The Balaban J connectivity index is 0.000000198. The standard InChI is InChI=1S/C17H20N2S.C16H25NO2.C11H16N2O3.C8H10N4O2.C8H9NO2.C6H5NO2/c1-13(18(2)3)12-19-14-8-4-6-10-16(14)20-17-11-7-5-9-15(17)19;1-17(2)12-14-7-4-5-10-16(14,18)13-8-6-9-15(11-13)19-3;1-4-5-11(6-7(2)3)8(14)12-10(16)13-9(11)15;1-10-4-9-6-5(10)7(13)12(3)8(14)11(6)2;1-6(10)9-7-2-4-8(11)5-3-7;8-6(9)5-2-1-3-7-4-5/h4-11,13H,12H2,1-3H3;6,8-9,11,14,18H,4-5,7,10,12H2,1-3H3;4,7H,1,5-6H2,2-3H3,(H2,12,13,14,15,16);4H,1-3H3;2-5,11H,1H3,(H,9,10);1-4H,(H,8,9)/t;14-,16+;;;;/m.1..../s1. The Morgan fingerprint density at radius 3 is 1.99 bits per heavy atom. The fraction of sp³-hybridized carbons (Fsp3) is 0.379. The lowest BCUT2D eigenvalue weighted by molar-refractivity contribution is -0.145. The number of pyridine rings is 1. The van der Waals surface area contributed by atoms with E-state index in [4.69, 9.17) is 14.9 Å². The number of hydrogen-bond donors (Lipinski definition) is 6. The van der Waals surface area contributed by atoms with E-state index in [0.717, 1.165) is 48.2 Å². The number of amides is 5. The van der Waals surface area contributed by atoms with Crippen molar-refractivity contribution in [2.24, 2.45) is 38.4 Å². The van der Waals surface area contributed by atoms with Crippen LogP contribution in [0.2, 0.25) is 0 Å². The summed E-state index contributed by atoms with van der Waals surface area (Å²) in [5.74, 6) is -0.643. The SMILES string of the molecule is C=CCC1(CC(C)C)C(=O)NC(=O)NC1=O.CC(=O)Nc1ccc(O)cc1.CC(CN1c2ccccc2Sc2ccccc21)N(C)C.COc1cccc([C@@]2(O)CCCC[C@@H]2CN(C)C)c1.Cn1c(=O)c2c(ncn2C)n(C)c1=O.O=C(O)c1cccnc1. The highest BCUT2D eigenvalue weighted by Crippen LogP contribution is 2.48. The summed E-state index contributed by atoms with van der Waals surface area (Å²) >= 11 is 1.87. The molecule has 5 heterocycles. The van der Waals surface area contributed by atoms with Crippen LogP contribution in [-0.2, 0) is 41.1 Å². The number of phenols is 1. The topological polar surface area (TPSA) is 276 Å². The number of allylic oxidation sites excluding steroid dienone is 1. The third kappa shape index (κ3) is 19.1. The number of aliphatic hydroxyl groups is 1. The predicted molar refractivity (Wildman–Crippen MR) is 348 cm³/mol. The Morgan fingerprint density at radius 2 is 1.47 bits per heavy atom. The molecule has 1 unspecified atom stereocenters. The number of rotatable bonds is 13. The molecule has 4 aromatic carbocycles. The molecule has 10 rings (SSSR count). The van der Waals surface area contributed by atoms with Gasteiger partial charge in [0.2, 0.25) is 17.7 Å². The quantitative estimate of drug-likeness (QED) is 0.0357. The number of nitrogens with one attached hydrogen (secondary N) is 3. The number of methoxy groups -OCH3 is 1. The average Bonchev–Trinajstić information content (AvgIpc) is 2.10. The van der Waals surface area contributed by atoms with Crippen LogP contribution in [0.25, 0.3) is 11.2 Å². The van der Waals surface area contributed by atoms with Crippen molar-refractivity contribution < 1.29 is 44.0 Å². The number of fused-ring (bicyclic) bond motifs is 3. The Morgan fingerprint density at radius 1 is 0.854 bits per heavy atom. The summed E-state index contributed by atoms with van der Waals surface area (Å²) in [6.45, 7) is 13.0. The van der Waals surface area contributed by atoms with Crippen molar-refractivity contribution in [3.8, 4) is 11.5 Å². The number of aromatic hydroxyl groups is 1. The van der Waals surface area contributed by atoms with E-state index in [0.29, 0.717) is 35.2 Å². The van der Waals surface area contributed by atoms with E-state index in [1.165, 1.54) is 89.1 Å². The fourth-order valence-electron chi connectivity index (χ4n) is 10.3. The van der Waals surface area contributed by atoms with Crippen LogP contribution in [0.15, 0.2) is 160 Å². The van der Waals surface area contributed by atoms with Gasteiger partial charge < -0.3 is 44.6 Å². The zero-order valence-corrected chi connectivity index (χ0v) is 53.7. The lowest BCUT2D eigenvalue weighted by Gasteiger charge is -2.41. The van der Waals surface area contributed by atoms with Crippen molar-refractivity contribution >= 4 is 69.7 Å². The van der Waals surface area contributed by atoms with Gasteiger partial charge in [-0.1, -0.05) is 80.9 Å². The highest BCUT2D eigenvalue weighted by Gasteiger charge is 2.49. The molecule has 7 aromatic rings. The van der Waals surface area contributed by atoms with Crippen molar-refractivity contribution in [1.82, 2.24) is 44.1 Å². The lowest BCUT2D eigenvalue weighted by atomic mass is 9.71. The first-order valence-corrected chi connectivity index (χ1v) is 29.9. The number of phenolic OH excluding ortho intramolecular Hbond substituents is 1. The van der Waals surface area contributed by atoms with Crippen LogP contribution in [-0.4, -0.2) is 133 Å². The van der Waals surface area contributed by atoms with Crippen LogP contribution in [0.1, 0.15) is 82.1 Å². The molecular formula is C66H85N11O11S. The number of aromatic nitrogens is 5. The van der Waals surface area contributed by atoms with E-state index in [1.807, 2.05) is 49.9 Å². The van der Waals surface area contributed by atoms with Crippen molar-refractivity contribution in [3.63, 3.8) is 0 Å². The number of nitrogens with zero attached hydrogens (tertiary/aromatic N) is 8. The number of urea groups is 1. The number of imide groups is 2. The smallest absolute Gasteiger partial charge is 0.337 e. The Bertz CT molecular complexity index is 3600. The van der Waals surface area contributed by atoms with Gasteiger partial charge in [0.25, 0.3) is 5.56 Å². The zero-order valence-electron chi connectivity index (χ0n) is 52.9. The minimum absolute atomic E-state index is 0.115. The summed E-state index contributed by atoms with van der Waals surface area (Å²) in [7, 11) is 14.9. The molecule has 0 radical (unpaired) electrons. The molecule has 3 aromatic heterocycles. The number of hydrogen-bond acceptors (Lipinski definition) is 16. The van der Waals surface area contributed by atoms with Gasteiger partial charge in [0.1, 0.15) is 16.9 Å². The largest absolute Gasteiger partial charge is 0.508 e. The number of imidazole rings is 1. The van der Waals surface area contributed by atoms with Crippen LogP contribution < -0.4 is 36.8 Å². The Labute approximate surface area is 524 Å². The summed E-state index contributed by atoms with van der Waals surface area (Å²) in [6.07, 6.45) is 10.8.